The normalized spacial score (nSPS) is 20.9. The van der Waals surface area contributed by atoms with Gasteiger partial charge < -0.3 is 10.1 Å². The van der Waals surface area contributed by atoms with Gasteiger partial charge in [-0.15, -0.1) is 12.4 Å². The lowest BCUT2D eigenvalue weighted by Crippen LogP contribution is -2.38. The van der Waals surface area contributed by atoms with Gasteiger partial charge in [-0.05, 0) is 19.9 Å². The highest BCUT2D eigenvalue weighted by Gasteiger charge is 2.24. The smallest absolute Gasteiger partial charge is 0.216 e. The van der Waals surface area contributed by atoms with Crippen molar-refractivity contribution in [2.45, 2.75) is 19.4 Å². The molecule has 5 nitrogen and oxygen atoms in total. The monoisotopic (exact) mass is 272 g/mol. The van der Waals surface area contributed by atoms with Gasteiger partial charge in [0, 0.05) is 26.7 Å². The standard InChI is InChI=1S/C9H20N2O3S.ClH/c1-9(14-2)8-15(12,13)11-6-3-4-10-5-7-11;/h9-10H,3-8H2,1-2H3;1H. The van der Waals surface area contributed by atoms with E-state index in [0.717, 1.165) is 19.5 Å². The molecule has 0 aromatic heterocycles. The molecule has 0 aliphatic carbocycles. The van der Waals surface area contributed by atoms with Gasteiger partial charge in [0.1, 0.15) is 0 Å². The Morgan fingerprint density at radius 2 is 2.06 bits per heavy atom. The average Bonchev–Trinajstić information content (AvgIpc) is 2.45. The van der Waals surface area contributed by atoms with E-state index in [2.05, 4.69) is 5.32 Å². The average molecular weight is 273 g/mol. The van der Waals surface area contributed by atoms with Crippen LogP contribution in [-0.4, -0.2) is 57.9 Å². The third-order valence-electron chi connectivity index (χ3n) is 2.54. The molecule has 1 rings (SSSR count). The molecule has 0 aromatic rings. The zero-order chi connectivity index (χ0) is 11.3. The molecule has 16 heavy (non-hydrogen) atoms. The summed E-state index contributed by atoms with van der Waals surface area (Å²) in [7, 11) is -1.62. The summed E-state index contributed by atoms with van der Waals surface area (Å²) in [6.45, 7) is 4.59. The van der Waals surface area contributed by atoms with Crippen molar-refractivity contribution in [2.24, 2.45) is 0 Å². The van der Waals surface area contributed by atoms with E-state index in [1.807, 2.05) is 0 Å². The van der Waals surface area contributed by atoms with Crippen LogP contribution in [0.3, 0.4) is 0 Å². The maximum absolute atomic E-state index is 11.9. The molecule has 1 unspecified atom stereocenters. The van der Waals surface area contributed by atoms with E-state index >= 15 is 0 Å². The number of sulfonamides is 1. The summed E-state index contributed by atoms with van der Waals surface area (Å²) in [6.07, 6.45) is 0.631. The molecule has 0 bridgehead atoms. The molecule has 1 atom stereocenters. The Kier molecular flexibility index (Phi) is 7.50. The Labute approximate surface area is 104 Å². The maximum atomic E-state index is 11.9. The lowest BCUT2D eigenvalue weighted by atomic mass is 10.4. The maximum Gasteiger partial charge on any atom is 0.216 e. The Bertz CT molecular complexity index is 276. The summed E-state index contributed by atoms with van der Waals surface area (Å²) < 4.78 is 30.4. The molecule has 7 heteroatoms. The minimum absolute atomic E-state index is 0. The number of nitrogens with one attached hydrogen (secondary N) is 1. The molecule has 0 spiro atoms. The lowest BCUT2D eigenvalue weighted by molar-refractivity contribution is 0.135. The summed E-state index contributed by atoms with van der Waals surface area (Å²) in [5.74, 6) is 0.0729. The van der Waals surface area contributed by atoms with Crippen molar-refractivity contribution in [3.05, 3.63) is 0 Å². The van der Waals surface area contributed by atoms with E-state index in [4.69, 9.17) is 4.74 Å². The third kappa shape index (κ3) is 4.97. The Morgan fingerprint density at radius 3 is 2.69 bits per heavy atom. The minimum Gasteiger partial charge on any atom is -0.381 e. The van der Waals surface area contributed by atoms with Crippen molar-refractivity contribution in [3.8, 4) is 0 Å². The molecule has 1 N–H and O–H groups in total. The molecule has 0 aromatic carbocycles. The molecule has 1 aliphatic heterocycles. The predicted molar refractivity (Wildman–Crippen MR) is 66.6 cm³/mol. The van der Waals surface area contributed by atoms with Gasteiger partial charge in [-0.25, -0.2) is 12.7 Å². The van der Waals surface area contributed by atoms with Crippen molar-refractivity contribution in [1.29, 1.82) is 0 Å². The SMILES string of the molecule is COC(C)CS(=O)(=O)N1CCCNCC1.Cl. The molecule has 1 aliphatic rings. The first-order valence-corrected chi connectivity index (χ1v) is 6.88. The number of nitrogens with zero attached hydrogens (tertiary/aromatic N) is 1. The zero-order valence-corrected chi connectivity index (χ0v) is 11.4. The van der Waals surface area contributed by atoms with Crippen molar-refractivity contribution in [1.82, 2.24) is 9.62 Å². The summed E-state index contributed by atoms with van der Waals surface area (Å²) >= 11 is 0. The fourth-order valence-electron chi connectivity index (χ4n) is 1.57. The Balaban J connectivity index is 0.00000225. The van der Waals surface area contributed by atoms with Crippen LogP contribution in [0.4, 0.5) is 0 Å². The second-order valence-corrected chi connectivity index (χ2v) is 5.84. The Morgan fingerprint density at radius 1 is 1.38 bits per heavy atom. The van der Waals surface area contributed by atoms with Crippen LogP contribution >= 0.6 is 12.4 Å². The second-order valence-electron chi connectivity index (χ2n) is 3.83. The van der Waals surface area contributed by atoms with Crippen molar-refractivity contribution >= 4 is 22.4 Å². The van der Waals surface area contributed by atoms with Crippen LogP contribution in [-0.2, 0) is 14.8 Å². The number of hydrogen-bond acceptors (Lipinski definition) is 4. The molecule has 0 radical (unpaired) electrons. The van der Waals surface area contributed by atoms with Crippen LogP contribution in [0.1, 0.15) is 13.3 Å². The van der Waals surface area contributed by atoms with Crippen LogP contribution in [0, 0.1) is 0 Å². The first-order valence-electron chi connectivity index (χ1n) is 5.27. The number of halogens is 1. The number of ether oxygens (including phenoxy) is 1. The fourth-order valence-corrected chi connectivity index (χ4v) is 3.29. The summed E-state index contributed by atoms with van der Waals surface area (Å²) in [4.78, 5) is 0. The highest BCUT2D eigenvalue weighted by atomic mass is 35.5. The largest absolute Gasteiger partial charge is 0.381 e. The zero-order valence-electron chi connectivity index (χ0n) is 9.81. The molecule has 1 saturated heterocycles. The van der Waals surface area contributed by atoms with Crippen LogP contribution in [0.15, 0.2) is 0 Å². The second kappa shape index (κ2) is 7.45. The van der Waals surface area contributed by atoms with Gasteiger partial charge in [0.05, 0.1) is 11.9 Å². The number of hydrogen-bond donors (Lipinski definition) is 1. The number of rotatable bonds is 4. The van der Waals surface area contributed by atoms with Gasteiger partial charge in [-0.2, -0.15) is 0 Å². The van der Waals surface area contributed by atoms with E-state index < -0.39 is 10.0 Å². The summed E-state index contributed by atoms with van der Waals surface area (Å²) in [5.41, 5.74) is 0. The molecule has 0 saturated carbocycles. The number of methoxy groups -OCH3 is 1. The molecular weight excluding hydrogens is 252 g/mol. The first kappa shape index (κ1) is 16.1. The van der Waals surface area contributed by atoms with Crippen LogP contribution < -0.4 is 5.32 Å². The predicted octanol–water partition coefficient (Wildman–Crippen LogP) is 0.0682. The van der Waals surface area contributed by atoms with Crippen molar-refractivity contribution in [2.75, 3.05) is 39.0 Å². The highest BCUT2D eigenvalue weighted by Crippen LogP contribution is 2.07. The van der Waals surface area contributed by atoms with Crippen LogP contribution in [0.5, 0.6) is 0 Å². The van der Waals surface area contributed by atoms with E-state index in [9.17, 15) is 8.42 Å². The quantitative estimate of drug-likeness (QED) is 0.787. The highest BCUT2D eigenvalue weighted by molar-refractivity contribution is 7.89. The molecule has 1 heterocycles. The molecule has 1 fully saturated rings. The third-order valence-corrected chi connectivity index (χ3v) is 4.58. The minimum atomic E-state index is -3.15. The van der Waals surface area contributed by atoms with Crippen LogP contribution in [0.25, 0.3) is 0 Å². The van der Waals surface area contributed by atoms with Crippen molar-refractivity contribution < 1.29 is 13.2 Å². The van der Waals surface area contributed by atoms with Gasteiger partial charge in [-0.1, -0.05) is 0 Å². The van der Waals surface area contributed by atoms with Crippen LogP contribution in [0.2, 0.25) is 0 Å². The van der Waals surface area contributed by atoms with E-state index in [0.29, 0.717) is 13.1 Å². The van der Waals surface area contributed by atoms with Gasteiger partial charge in [-0.3, -0.25) is 0 Å². The molecule has 0 amide bonds. The van der Waals surface area contributed by atoms with Crippen molar-refractivity contribution in [3.63, 3.8) is 0 Å². The van der Waals surface area contributed by atoms with Gasteiger partial charge >= 0.3 is 0 Å². The van der Waals surface area contributed by atoms with E-state index in [1.54, 1.807) is 11.2 Å². The Hall–Kier alpha value is 0.120. The van der Waals surface area contributed by atoms with Gasteiger partial charge in [0.25, 0.3) is 0 Å². The lowest BCUT2D eigenvalue weighted by Gasteiger charge is -2.21. The summed E-state index contributed by atoms with van der Waals surface area (Å²) in [5, 5.41) is 3.18. The van der Waals surface area contributed by atoms with E-state index in [-0.39, 0.29) is 24.3 Å². The topological polar surface area (TPSA) is 58.6 Å². The van der Waals surface area contributed by atoms with Gasteiger partial charge in [0.2, 0.25) is 10.0 Å². The van der Waals surface area contributed by atoms with E-state index in [1.165, 1.54) is 7.11 Å². The van der Waals surface area contributed by atoms with Gasteiger partial charge in [0.15, 0.2) is 0 Å². The summed E-state index contributed by atoms with van der Waals surface area (Å²) in [6, 6.07) is 0. The fraction of sp³-hybridized carbons (Fsp3) is 1.00. The molecular formula is C9H21ClN2O3S. The molecule has 98 valence electrons. The first-order chi connectivity index (χ1) is 7.06.